The number of sulfonamides is 1. The Labute approximate surface area is 115 Å². The van der Waals surface area contributed by atoms with Crippen molar-refractivity contribution >= 4 is 15.7 Å². The van der Waals surface area contributed by atoms with Gasteiger partial charge in [0, 0.05) is 13.1 Å². The van der Waals surface area contributed by atoms with E-state index >= 15 is 0 Å². The molecule has 0 saturated heterocycles. The molecule has 106 valence electrons. The summed E-state index contributed by atoms with van der Waals surface area (Å²) in [7, 11) is -1.82. The molecule has 1 aromatic carbocycles. The van der Waals surface area contributed by atoms with Gasteiger partial charge in [0.25, 0.3) is 0 Å². The predicted molar refractivity (Wildman–Crippen MR) is 77.2 cm³/mol. The van der Waals surface area contributed by atoms with Gasteiger partial charge in [-0.3, -0.25) is 0 Å². The second-order valence-corrected chi connectivity index (χ2v) is 7.35. The molecular formula is C14H22N2O2S. The van der Waals surface area contributed by atoms with E-state index in [9.17, 15) is 8.42 Å². The Morgan fingerprint density at radius 3 is 2.47 bits per heavy atom. The number of hydrogen-bond donors (Lipinski definition) is 1. The van der Waals surface area contributed by atoms with Crippen LogP contribution in [0.25, 0.3) is 0 Å². The number of para-hydroxylation sites is 1. The minimum Gasteiger partial charge on any atom is -0.398 e. The third-order valence-electron chi connectivity index (χ3n) is 4.11. The van der Waals surface area contributed by atoms with Gasteiger partial charge in [-0.15, -0.1) is 0 Å². The topological polar surface area (TPSA) is 63.4 Å². The van der Waals surface area contributed by atoms with Crippen molar-refractivity contribution in [3.8, 4) is 0 Å². The molecule has 0 radical (unpaired) electrons. The Hall–Kier alpha value is -1.07. The standard InChI is InChI=1S/C14H22N2O2S/c1-11-7-3-5-9-13(11)16(2)19(17,18)14-10-6-4-8-12(14)15/h4,6,8,10-11,13H,3,5,7,9,15H2,1-2H3. The van der Waals surface area contributed by atoms with Crippen molar-refractivity contribution in [3.05, 3.63) is 24.3 Å². The fourth-order valence-corrected chi connectivity index (χ4v) is 4.48. The molecule has 2 unspecified atom stereocenters. The van der Waals surface area contributed by atoms with Crippen LogP contribution >= 0.6 is 0 Å². The highest BCUT2D eigenvalue weighted by atomic mass is 32.2. The maximum Gasteiger partial charge on any atom is 0.245 e. The Morgan fingerprint density at radius 2 is 1.84 bits per heavy atom. The lowest BCUT2D eigenvalue weighted by atomic mass is 9.86. The van der Waals surface area contributed by atoms with Crippen LogP contribution in [0.4, 0.5) is 5.69 Å². The lowest BCUT2D eigenvalue weighted by molar-refractivity contribution is 0.213. The Morgan fingerprint density at radius 1 is 1.21 bits per heavy atom. The third kappa shape index (κ3) is 2.77. The van der Waals surface area contributed by atoms with E-state index in [-0.39, 0.29) is 10.9 Å². The van der Waals surface area contributed by atoms with Gasteiger partial charge in [0.15, 0.2) is 0 Å². The van der Waals surface area contributed by atoms with Crippen molar-refractivity contribution in [1.82, 2.24) is 4.31 Å². The zero-order chi connectivity index (χ0) is 14.0. The smallest absolute Gasteiger partial charge is 0.245 e. The minimum absolute atomic E-state index is 0.0818. The van der Waals surface area contributed by atoms with Crippen LogP contribution in [0.5, 0.6) is 0 Å². The van der Waals surface area contributed by atoms with E-state index in [1.54, 1.807) is 31.3 Å². The van der Waals surface area contributed by atoms with Gasteiger partial charge in [0.2, 0.25) is 10.0 Å². The van der Waals surface area contributed by atoms with Crippen molar-refractivity contribution in [1.29, 1.82) is 0 Å². The fraction of sp³-hybridized carbons (Fsp3) is 0.571. The maximum absolute atomic E-state index is 12.6. The molecule has 1 saturated carbocycles. The largest absolute Gasteiger partial charge is 0.398 e. The van der Waals surface area contributed by atoms with E-state index in [2.05, 4.69) is 6.92 Å². The molecule has 2 atom stereocenters. The quantitative estimate of drug-likeness (QED) is 0.866. The number of hydrogen-bond acceptors (Lipinski definition) is 3. The van der Waals surface area contributed by atoms with E-state index in [0.717, 1.165) is 19.3 Å². The van der Waals surface area contributed by atoms with Gasteiger partial charge in [-0.1, -0.05) is 31.9 Å². The molecule has 1 aromatic rings. The number of benzene rings is 1. The number of anilines is 1. The first kappa shape index (κ1) is 14.3. The Balaban J connectivity index is 2.31. The molecule has 1 aliphatic rings. The van der Waals surface area contributed by atoms with Crippen LogP contribution in [0.3, 0.4) is 0 Å². The summed E-state index contributed by atoms with van der Waals surface area (Å²) in [6.45, 7) is 2.13. The first-order valence-electron chi connectivity index (χ1n) is 6.77. The molecule has 0 spiro atoms. The molecule has 0 amide bonds. The number of rotatable bonds is 3. The van der Waals surface area contributed by atoms with Gasteiger partial charge in [-0.25, -0.2) is 8.42 Å². The fourth-order valence-electron chi connectivity index (χ4n) is 2.89. The highest BCUT2D eigenvalue weighted by Gasteiger charge is 2.33. The third-order valence-corrected chi connectivity index (χ3v) is 6.07. The molecule has 2 N–H and O–H groups in total. The van der Waals surface area contributed by atoms with Crippen LogP contribution in [-0.2, 0) is 10.0 Å². The summed E-state index contributed by atoms with van der Waals surface area (Å²) in [5, 5.41) is 0. The molecule has 2 rings (SSSR count). The molecule has 5 heteroatoms. The molecule has 0 bridgehead atoms. The molecular weight excluding hydrogens is 260 g/mol. The lowest BCUT2D eigenvalue weighted by Gasteiger charge is -2.35. The van der Waals surface area contributed by atoms with Gasteiger partial charge in [0.1, 0.15) is 4.90 Å². The second kappa shape index (κ2) is 5.51. The predicted octanol–water partition coefficient (Wildman–Crippen LogP) is 2.47. The zero-order valence-electron chi connectivity index (χ0n) is 11.5. The second-order valence-electron chi connectivity index (χ2n) is 5.39. The summed E-state index contributed by atoms with van der Waals surface area (Å²) in [4.78, 5) is 0.218. The van der Waals surface area contributed by atoms with Crippen molar-refractivity contribution in [3.63, 3.8) is 0 Å². The van der Waals surface area contributed by atoms with Crippen molar-refractivity contribution in [2.45, 2.75) is 43.5 Å². The van der Waals surface area contributed by atoms with Gasteiger partial charge >= 0.3 is 0 Å². The SMILES string of the molecule is CC1CCCCC1N(C)S(=O)(=O)c1ccccc1N. The van der Waals surface area contributed by atoms with E-state index in [1.807, 2.05) is 0 Å². The Bertz CT molecular complexity index is 542. The van der Waals surface area contributed by atoms with Crippen molar-refractivity contribution in [2.75, 3.05) is 12.8 Å². The number of nitrogens with zero attached hydrogens (tertiary/aromatic N) is 1. The van der Waals surface area contributed by atoms with E-state index < -0.39 is 10.0 Å². The highest BCUT2D eigenvalue weighted by Crippen LogP contribution is 2.31. The van der Waals surface area contributed by atoms with Gasteiger partial charge in [-0.05, 0) is 30.9 Å². The summed E-state index contributed by atoms with van der Waals surface area (Å²) >= 11 is 0. The van der Waals surface area contributed by atoms with Crippen LogP contribution in [0.1, 0.15) is 32.6 Å². The summed E-state index contributed by atoms with van der Waals surface area (Å²) < 4.78 is 26.8. The average molecular weight is 282 g/mol. The number of nitrogen functional groups attached to an aromatic ring is 1. The summed E-state index contributed by atoms with van der Waals surface area (Å²) in [5.41, 5.74) is 6.12. The lowest BCUT2D eigenvalue weighted by Crippen LogP contribution is -2.42. The van der Waals surface area contributed by atoms with Gasteiger partial charge in [0.05, 0.1) is 5.69 Å². The van der Waals surface area contributed by atoms with Crippen LogP contribution in [-0.4, -0.2) is 25.8 Å². The van der Waals surface area contributed by atoms with Crippen LogP contribution < -0.4 is 5.73 Å². The van der Waals surface area contributed by atoms with Crippen molar-refractivity contribution < 1.29 is 8.42 Å². The van der Waals surface area contributed by atoms with Crippen LogP contribution in [0.15, 0.2) is 29.2 Å². The summed E-state index contributed by atoms with van der Waals surface area (Å²) in [6.07, 6.45) is 4.32. The monoisotopic (exact) mass is 282 g/mol. The maximum atomic E-state index is 12.6. The van der Waals surface area contributed by atoms with E-state index in [1.165, 1.54) is 10.7 Å². The van der Waals surface area contributed by atoms with Crippen LogP contribution in [0, 0.1) is 5.92 Å². The molecule has 1 aliphatic carbocycles. The molecule has 0 aliphatic heterocycles. The van der Waals surface area contributed by atoms with Crippen LogP contribution in [0.2, 0.25) is 0 Å². The van der Waals surface area contributed by atoms with Crippen molar-refractivity contribution in [2.24, 2.45) is 5.92 Å². The molecule has 19 heavy (non-hydrogen) atoms. The summed E-state index contributed by atoms with van der Waals surface area (Å²) in [6, 6.07) is 6.75. The highest BCUT2D eigenvalue weighted by molar-refractivity contribution is 7.89. The first-order valence-corrected chi connectivity index (χ1v) is 8.21. The van der Waals surface area contributed by atoms with E-state index in [0.29, 0.717) is 11.6 Å². The average Bonchev–Trinajstić information content (AvgIpc) is 2.39. The number of nitrogens with two attached hydrogens (primary N) is 1. The van der Waals surface area contributed by atoms with E-state index in [4.69, 9.17) is 5.73 Å². The molecule has 1 fully saturated rings. The zero-order valence-corrected chi connectivity index (χ0v) is 12.4. The molecule has 0 heterocycles. The van der Waals surface area contributed by atoms with Gasteiger partial charge in [-0.2, -0.15) is 4.31 Å². The minimum atomic E-state index is -3.49. The first-order chi connectivity index (χ1) is 8.94. The van der Waals surface area contributed by atoms with Gasteiger partial charge < -0.3 is 5.73 Å². The molecule has 4 nitrogen and oxygen atoms in total. The Kier molecular flexibility index (Phi) is 4.16. The summed E-state index contributed by atoms with van der Waals surface area (Å²) in [5.74, 6) is 0.401. The molecule has 0 aromatic heterocycles. The normalized spacial score (nSPS) is 24.6.